The van der Waals surface area contributed by atoms with Crippen molar-refractivity contribution >= 4 is 11.9 Å². The smallest absolute Gasteiger partial charge is 0.313 e. The predicted octanol–water partition coefficient (Wildman–Crippen LogP) is 2.41. The Balaban J connectivity index is 1.87. The molecule has 2 atom stereocenters. The maximum atomic E-state index is 12.7. The number of aliphatic carboxylic acids is 1. The quantitative estimate of drug-likeness (QED) is 0.917. The lowest BCUT2D eigenvalue weighted by Gasteiger charge is -2.38. The lowest BCUT2D eigenvalue weighted by molar-refractivity contribution is -0.140. The minimum absolute atomic E-state index is 0.142. The van der Waals surface area contributed by atoms with Crippen molar-refractivity contribution in [2.24, 2.45) is 0 Å². The molecule has 4 rings (SSSR count). The zero-order valence-electron chi connectivity index (χ0n) is 12.9. The molecule has 0 aliphatic carbocycles. The fraction of sp³-hybridized carbons (Fsp3) is 0.222. The first-order chi connectivity index (χ1) is 11.6. The van der Waals surface area contributed by atoms with E-state index in [0.29, 0.717) is 28.2 Å². The normalized spacial score (nSPS) is 21.5. The Kier molecular flexibility index (Phi) is 3.19. The van der Waals surface area contributed by atoms with E-state index in [1.165, 1.54) is 4.90 Å². The number of benzene rings is 2. The lowest BCUT2D eigenvalue weighted by Crippen LogP contribution is -2.42. The van der Waals surface area contributed by atoms with Crippen LogP contribution >= 0.6 is 0 Å². The molecule has 2 aliphatic heterocycles. The maximum absolute atomic E-state index is 12.7. The van der Waals surface area contributed by atoms with Gasteiger partial charge < -0.3 is 19.5 Å². The molecule has 0 radical (unpaired) electrons. The number of ether oxygens (including phenoxy) is 2. The summed E-state index contributed by atoms with van der Waals surface area (Å²) >= 11 is 0. The number of hydrogen-bond acceptors (Lipinski definition) is 4. The van der Waals surface area contributed by atoms with Crippen LogP contribution in [0.4, 0.5) is 0 Å². The van der Waals surface area contributed by atoms with Gasteiger partial charge in [0.15, 0.2) is 11.5 Å². The SMILES string of the molecule is CN1C(=O)c2ccccc2[C@H](C(=O)O)[C@@H]1c1ccc2c(c1)OCO2. The van der Waals surface area contributed by atoms with E-state index in [1.807, 2.05) is 0 Å². The number of hydrogen-bond donors (Lipinski definition) is 1. The fourth-order valence-corrected chi connectivity index (χ4v) is 3.45. The van der Waals surface area contributed by atoms with E-state index in [4.69, 9.17) is 9.47 Å². The summed E-state index contributed by atoms with van der Waals surface area (Å²) in [5.74, 6) is -0.813. The van der Waals surface area contributed by atoms with Gasteiger partial charge in [-0.05, 0) is 29.3 Å². The Bertz CT molecular complexity index is 847. The molecule has 2 aromatic carbocycles. The van der Waals surface area contributed by atoms with Crippen molar-refractivity contribution in [2.75, 3.05) is 13.8 Å². The van der Waals surface area contributed by atoms with Gasteiger partial charge in [0.05, 0.1) is 6.04 Å². The van der Waals surface area contributed by atoms with Crippen LogP contribution in [0.3, 0.4) is 0 Å². The largest absolute Gasteiger partial charge is 0.481 e. The van der Waals surface area contributed by atoms with Gasteiger partial charge in [0.25, 0.3) is 5.91 Å². The van der Waals surface area contributed by atoms with Crippen molar-refractivity contribution in [2.45, 2.75) is 12.0 Å². The zero-order valence-corrected chi connectivity index (χ0v) is 12.9. The second kappa shape index (κ2) is 5.26. The number of carboxylic acid groups (broad SMARTS) is 1. The average Bonchev–Trinajstić information content (AvgIpc) is 3.05. The van der Waals surface area contributed by atoms with Crippen molar-refractivity contribution in [3.8, 4) is 11.5 Å². The standard InChI is InChI=1S/C18H15NO5/c1-19-16(10-6-7-13-14(8-10)24-9-23-13)15(18(21)22)11-4-2-3-5-12(11)17(19)20/h2-8,15-16H,9H2,1H3,(H,21,22)/t15-,16-/m0/s1. The molecule has 0 bridgehead atoms. The summed E-state index contributed by atoms with van der Waals surface area (Å²) in [5.41, 5.74) is 1.68. The highest BCUT2D eigenvalue weighted by atomic mass is 16.7. The molecule has 1 amide bonds. The van der Waals surface area contributed by atoms with Gasteiger partial charge in [-0.1, -0.05) is 24.3 Å². The zero-order chi connectivity index (χ0) is 16.8. The number of rotatable bonds is 2. The Hall–Kier alpha value is -3.02. The third-order valence-corrected chi connectivity index (χ3v) is 4.58. The molecule has 122 valence electrons. The van der Waals surface area contributed by atoms with E-state index in [0.717, 1.165) is 0 Å². The van der Waals surface area contributed by atoms with E-state index < -0.39 is 17.9 Å². The van der Waals surface area contributed by atoms with E-state index in [-0.39, 0.29) is 12.7 Å². The number of nitrogens with zero attached hydrogens (tertiary/aromatic N) is 1. The number of carboxylic acids is 1. The molecule has 6 heteroatoms. The van der Waals surface area contributed by atoms with Crippen LogP contribution in [-0.4, -0.2) is 35.7 Å². The Morgan fingerprint density at radius 3 is 2.71 bits per heavy atom. The molecule has 0 unspecified atom stereocenters. The highest BCUT2D eigenvalue weighted by Crippen LogP contribution is 2.44. The van der Waals surface area contributed by atoms with E-state index in [9.17, 15) is 14.7 Å². The van der Waals surface area contributed by atoms with Crippen LogP contribution in [0.15, 0.2) is 42.5 Å². The van der Waals surface area contributed by atoms with Gasteiger partial charge in [-0.3, -0.25) is 9.59 Å². The molecule has 0 saturated carbocycles. The van der Waals surface area contributed by atoms with E-state index in [1.54, 1.807) is 49.5 Å². The topological polar surface area (TPSA) is 76.1 Å². The minimum Gasteiger partial charge on any atom is -0.481 e. The minimum atomic E-state index is -0.968. The third-order valence-electron chi connectivity index (χ3n) is 4.58. The third kappa shape index (κ3) is 2.03. The summed E-state index contributed by atoms with van der Waals surface area (Å²) in [6.07, 6.45) is 0. The fourth-order valence-electron chi connectivity index (χ4n) is 3.45. The van der Waals surface area contributed by atoms with Crippen LogP contribution in [0.5, 0.6) is 11.5 Å². The molecule has 0 spiro atoms. The Morgan fingerprint density at radius 2 is 1.92 bits per heavy atom. The molecule has 0 fully saturated rings. The van der Waals surface area contributed by atoms with Gasteiger partial charge in [-0.15, -0.1) is 0 Å². The second-order valence-corrected chi connectivity index (χ2v) is 5.88. The lowest BCUT2D eigenvalue weighted by atomic mass is 9.80. The van der Waals surface area contributed by atoms with Crippen LogP contribution in [0, 0.1) is 0 Å². The van der Waals surface area contributed by atoms with Gasteiger partial charge in [0.2, 0.25) is 6.79 Å². The van der Waals surface area contributed by atoms with Crippen LogP contribution in [0.1, 0.15) is 33.4 Å². The number of likely N-dealkylation sites (N-methyl/N-ethyl adjacent to an activating group) is 1. The average molecular weight is 325 g/mol. The number of amides is 1. The van der Waals surface area contributed by atoms with Gasteiger partial charge in [0.1, 0.15) is 5.92 Å². The summed E-state index contributed by atoms with van der Waals surface area (Å²) in [4.78, 5) is 26.2. The van der Waals surface area contributed by atoms with Gasteiger partial charge >= 0.3 is 5.97 Å². The Morgan fingerprint density at radius 1 is 1.17 bits per heavy atom. The summed E-state index contributed by atoms with van der Waals surface area (Å²) in [6, 6.07) is 11.5. The molecule has 24 heavy (non-hydrogen) atoms. The molecule has 6 nitrogen and oxygen atoms in total. The monoisotopic (exact) mass is 325 g/mol. The molecule has 2 aliphatic rings. The predicted molar refractivity (Wildman–Crippen MR) is 84.2 cm³/mol. The van der Waals surface area contributed by atoms with E-state index >= 15 is 0 Å². The summed E-state index contributed by atoms with van der Waals surface area (Å²) < 4.78 is 10.7. The van der Waals surface area contributed by atoms with Gasteiger partial charge in [0, 0.05) is 12.6 Å². The molecule has 2 heterocycles. The van der Waals surface area contributed by atoms with E-state index in [2.05, 4.69) is 0 Å². The van der Waals surface area contributed by atoms with Crippen LogP contribution in [-0.2, 0) is 4.79 Å². The Labute approximate surface area is 138 Å². The maximum Gasteiger partial charge on any atom is 0.313 e. The molecular formula is C18H15NO5. The number of fused-ring (bicyclic) bond motifs is 2. The second-order valence-electron chi connectivity index (χ2n) is 5.88. The van der Waals surface area contributed by atoms with Crippen molar-refractivity contribution in [1.29, 1.82) is 0 Å². The summed E-state index contributed by atoms with van der Waals surface area (Å²) in [5, 5.41) is 9.82. The van der Waals surface area contributed by atoms with Gasteiger partial charge in [-0.2, -0.15) is 0 Å². The van der Waals surface area contributed by atoms with Crippen molar-refractivity contribution in [3.05, 3.63) is 59.2 Å². The highest BCUT2D eigenvalue weighted by molar-refractivity contribution is 6.00. The first-order valence-corrected chi connectivity index (χ1v) is 7.56. The summed E-state index contributed by atoms with van der Waals surface area (Å²) in [7, 11) is 1.63. The number of carbonyl (C=O) groups is 2. The molecular weight excluding hydrogens is 310 g/mol. The molecule has 2 aromatic rings. The van der Waals surface area contributed by atoms with Gasteiger partial charge in [-0.25, -0.2) is 0 Å². The van der Waals surface area contributed by atoms with Crippen molar-refractivity contribution < 1.29 is 24.2 Å². The first-order valence-electron chi connectivity index (χ1n) is 7.56. The summed E-state index contributed by atoms with van der Waals surface area (Å²) in [6.45, 7) is 0.142. The number of carbonyl (C=O) groups excluding carboxylic acids is 1. The molecule has 0 saturated heterocycles. The van der Waals surface area contributed by atoms with Crippen molar-refractivity contribution in [1.82, 2.24) is 4.90 Å². The first kappa shape index (κ1) is 14.6. The van der Waals surface area contributed by atoms with Crippen LogP contribution in [0.25, 0.3) is 0 Å². The van der Waals surface area contributed by atoms with Crippen molar-refractivity contribution in [3.63, 3.8) is 0 Å². The van der Waals surface area contributed by atoms with Crippen LogP contribution in [0.2, 0.25) is 0 Å². The molecule has 0 aromatic heterocycles. The highest BCUT2D eigenvalue weighted by Gasteiger charge is 2.43. The van der Waals surface area contributed by atoms with Crippen LogP contribution < -0.4 is 9.47 Å². The molecule has 1 N–H and O–H groups in total.